The number of carbonyl (C=O) groups excluding carboxylic acids is 2. The monoisotopic (exact) mass is 443 g/mol. The Morgan fingerprint density at radius 2 is 1.58 bits per heavy atom. The molecule has 1 atom stereocenters. The number of amides is 1. The number of nitrogens with one attached hydrogen (secondary N) is 1. The summed E-state index contributed by atoms with van der Waals surface area (Å²) in [5, 5.41) is 2.90. The predicted molar refractivity (Wildman–Crippen MR) is 134 cm³/mol. The van der Waals surface area contributed by atoms with Crippen LogP contribution in [0.2, 0.25) is 0 Å². The minimum atomic E-state index is -0.628. The Bertz CT molecular complexity index is 1140. The van der Waals surface area contributed by atoms with E-state index in [2.05, 4.69) is 26.1 Å². The maximum Gasteiger partial charge on any atom is 0.265 e. The van der Waals surface area contributed by atoms with Crippen LogP contribution in [-0.4, -0.2) is 17.8 Å². The zero-order valence-corrected chi connectivity index (χ0v) is 20.4. The molecule has 3 rings (SSSR count). The van der Waals surface area contributed by atoms with Crippen molar-refractivity contribution in [1.29, 1.82) is 0 Å². The van der Waals surface area contributed by atoms with Crippen LogP contribution in [-0.2, 0) is 10.2 Å². The lowest BCUT2D eigenvalue weighted by Gasteiger charge is -2.19. The van der Waals surface area contributed by atoms with Gasteiger partial charge in [-0.15, -0.1) is 0 Å². The summed E-state index contributed by atoms with van der Waals surface area (Å²) in [4.78, 5) is 25.9. The first-order valence-electron chi connectivity index (χ1n) is 11.4. The maximum atomic E-state index is 13.0. The molecular weight excluding hydrogens is 410 g/mol. The Morgan fingerprint density at radius 1 is 0.879 bits per heavy atom. The lowest BCUT2D eigenvalue weighted by Crippen LogP contribution is -2.32. The van der Waals surface area contributed by atoms with Crippen LogP contribution in [0.15, 0.2) is 66.7 Å². The normalized spacial score (nSPS) is 12.2. The molecule has 0 spiro atoms. The molecule has 0 aliphatic carbocycles. The van der Waals surface area contributed by atoms with E-state index in [-0.39, 0.29) is 17.1 Å². The van der Waals surface area contributed by atoms with Crippen LogP contribution in [0.1, 0.15) is 66.7 Å². The molecule has 4 nitrogen and oxygen atoms in total. The third-order valence-electron chi connectivity index (χ3n) is 5.83. The highest BCUT2D eigenvalue weighted by Crippen LogP contribution is 2.24. The summed E-state index contributed by atoms with van der Waals surface area (Å²) in [7, 11) is 0. The Balaban J connectivity index is 1.72. The maximum absolute atomic E-state index is 13.0. The smallest absolute Gasteiger partial charge is 0.265 e. The molecule has 0 fully saturated rings. The van der Waals surface area contributed by atoms with Gasteiger partial charge in [0.25, 0.3) is 5.91 Å². The van der Waals surface area contributed by atoms with Gasteiger partial charge >= 0.3 is 0 Å². The first-order valence-corrected chi connectivity index (χ1v) is 11.4. The summed E-state index contributed by atoms with van der Waals surface area (Å²) in [6.07, 6.45) is -0.103. The van der Waals surface area contributed by atoms with Gasteiger partial charge in [-0.3, -0.25) is 9.59 Å². The molecule has 33 heavy (non-hydrogen) atoms. The van der Waals surface area contributed by atoms with Gasteiger partial charge in [-0.25, -0.2) is 0 Å². The largest absolute Gasteiger partial charge is 0.481 e. The molecule has 0 saturated heterocycles. The van der Waals surface area contributed by atoms with Crippen molar-refractivity contribution < 1.29 is 14.3 Å². The molecule has 0 aliphatic heterocycles. The van der Waals surface area contributed by atoms with Crippen molar-refractivity contribution >= 4 is 17.4 Å². The van der Waals surface area contributed by atoms with Gasteiger partial charge in [0, 0.05) is 16.8 Å². The van der Waals surface area contributed by atoms with Gasteiger partial charge < -0.3 is 10.1 Å². The van der Waals surface area contributed by atoms with E-state index in [0.29, 0.717) is 29.0 Å². The number of rotatable bonds is 7. The minimum Gasteiger partial charge on any atom is -0.481 e. The molecule has 0 unspecified atom stereocenters. The van der Waals surface area contributed by atoms with Crippen LogP contribution < -0.4 is 10.1 Å². The number of ketones is 1. The van der Waals surface area contributed by atoms with Crippen LogP contribution in [0.25, 0.3) is 0 Å². The van der Waals surface area contributed by atoms with Crippen molar-refractivity contribution in [3.05, 3.63) is 94.5 Å². The molecule has 172 valence electrons. The molecule has 0 radical (unpaired) electrons. The van der Waals surface area contributed by atoms with E-state index in [1.165, 1.54) is 11.1 Å². The molecule has 3 aromatic carbocycles. The fourth-order valence-electron chi connectivity index (χ4n) is 3.52. The van der Waals surface area contributed by atoms with Gasteiger partial charge in [-0.1, -0.05) is 70.2 Å². The van der Waals surface area contributed by atoms with E-state index in [4.69, 9.17) is 4.74 Å². The van der Waals surface area contributed by atoms with Crippen molar-refractivity contribution in [2.24, 2.45) is 0 Å². The van der Waals surface area contributed by atoms with Gasteiger partial charge in [0.15, 0.2) is 11.9 Å². The number of benzene rings is 3. The predicted octanol–water partition coefficient (Wildman–Crippen LogP) is 6.63. The van der Waals surface area contributed by atoms with Gasteiger partial charge in [0.05, 0.1) is 0 Å². The summed E-state index contributed by atoms with van der Waals surface area (Å²) in [6, 6.07) is 20.5. The molecule has 4 heteroatoms. The first kappa shape index (κ1) is 24.2. The molecule has 0 aliphatic rings. The highest BCUT2D eigenvalue weighted by Gasteiger charge is 2.20. The molecule has 1 amide bonds. The number of hydrogen-bond donors (Lipinski definition) is 1. The van der Waals surface area contributed by atoms with E-state index in [9.17, 15) is 9.59 Å². The minimum absolute atomic E-state index is 0.0287. The van der Waals surface area contributed by atoms with E-state index in [0.717, 1.165) is 5.56 Å². The van der Waals surface area contributed by atoms with Crippen LogP contribution >= 0.6 is 0 Å². The summed E-state index contributed by atoms with van der Waals surface area (Å²) in [5.41, 5.74) is 5.21. The molecule has 0 bridgehead atoms. The van der Waals surface area contributed by atoms with Crippen LogP contribution in [0.4, 0.5) is 5.69 Å². The number of carbonyl (C=O) groups is 2. The van der Waals surface area contributed by atoms with E-state index >= 15 is 0 Å². The fraction of sp³-hybridized carbons (Fsp3) is 0.310. The number of aryl methyl sites for hydroxylation is 2. The molecule has 3 aromatic rings. The lowest BCUT2D eigenvalue weighted by atomic mass is 9.86. The van der Waals surface area contributed by atoms with Crippen LogP contribution in [0, 0.1) is 13.8 Å². The average Bonchev–Trinajstić information content (AvgIpc) is 2.79. The summed E-state index contributed by atoms with van der Waals surface area (Å²) >= 11 is 0. The molecule has 1 N–H and O–H groups in total. The highest BCUT2D eigenvalue weighted by molar-refractivity contribution is 6.09. The van der Waals surface area contributed by atoms with Gasteiger partial charge in [0.1, 0.15) is 5.75 Å². The number of anilines is 1. The SMILES string of the molecule is CC[C@@H](Oc1ccc(C)c(C)c1)C(=O)Nc1cccc(C(=O)c2ccc(C(C)(C)C)cc2)c1. The van der Waals surface area contributed by atoms with Crippen molar-refractivity contribution in [2.75, 3.05) is 5.32 Å². The van der Waals surface area contributed by atoms with E-state index in [1.807, 2.05) is 63.2 Å². The van der Waals surface area contributed by atoms with Crippen LogP contribution in [0.5, 0.6) is 5.75 Å². The van der Waals surface area contributed by atoms with Crippen molar-refractivity contribution in [1.82, 2.24) is 0 Å². The second kappa shape index (κ2) is 10.0. The highest BCUT2D eigenvalue weighted by atomic mass is 16.5. The summed E-state index contributed by atoms with van der Waals surface area (Å²) < 4.78 is 5.94. The molecule has 0 saturated carbocycles. The van der Waals surface area contributed by atoms with Crippen molar-refractivity contribution in [3.8, 4) is 5.75 Å². The molecule has 0 aromatic heterocycles. The standard InChI is InChI=1S/C29H33NO3/c1-7-26(33-25-16-11-19(2)20(3)17-25)28(32)30-24-10-8-9-22(18-24)27(31)21-12-14-23(15-13-21)29(4,5)6/h8-18,26H,7H2,1-6H3,(H,30,32)/t26-/m1/s1. The van der Waals surface area contributed by atoms with E-state index < -0.39 is 6.10 Å². The second-order valence-corrected chi connectivity index (χ2v) is 9.49. The van der Waals surface area contributed by atoms with Crippen molar-refractivity contribution in [3.63, 3.8) is 0 Å². The third kappa shape index (κ3) is 6.10. The lowest BCUT2D eigenvalue weighted by molar-refractivity contribution is -0.122. The summed E-state index contributed by atoms with van der Waals surface area (Å²) in [5.74, 6) is 0.350. The van der Waals surface area contributed by atoms with Crippen LogP contribution in [0.3, 0.4) is 0 Å². The fourth-order valence-corrected chi connectivity index (χ4v) is 3.52. The Labute approximate surface area is 197 Å². The number of hydrogen-bond acceptors (Lipinski definition) is 3. The summed E-state index contributed by atoms with van der Waals surface area (Å²) in [6.45, 7) is 12.4. The van der Waals surface area contributed by atoms with Gasteiger partial charge in [-0.2, -0.15) is 0 Å². The van der Waals surface area contributed by atoms with Crippen molar-refractivity contribution in [2.45, 2.75) is 59.5 Å². The third-order valence-corrected chi connectivity index (χ3v) is 5.83. The Hall–Kier alpha value is -3.40. The number of ether oxygens (including phenoxy) is 1. The Kier molecular flexibility index (Phi) is 7.37. The quantitative estimate of drug-likeness (QED) is 0.417. The molecule has 0 heterocycles. The zero-order chi connectivity index (χ0) is 24.2. The second-order valence-electron chi connectivity index (χ2n) is 9.49. The van der Waals surface area contributed by atoms with Gasteiger partial charge in [0.2, 0.25) is 0 Å². The Morgan fingerprint density at radius 3 is 2.18 bits per heavy atom. The van der Waals surface area contributed by atoms with E-state index in [1.54, 1.807) is 24.3 Å². The molecular formula is C29H33NO3. The average molecular weight is 444 g/mol. The zero-order valence-electron chi connectivity index (χ0n) is 20.4. The first-order chi connectivity index (χ1) is 15.6. The topological polar surface area (TPSA) is 55.4 Å². The van der Waals surface area contributed by atoms with Gasteiger partial charge in [-0.05, 0) is 66.6 Å².